The molecular formula is C21H34Br3NO3. The summed E-state index contributed by atoms with van der Waals surface area (Å²) >= 11 is 10.4. The molecule has 0 aromatic heterocycles. The van der Waals surface area contributed by atoms with E-state index in [1.807, 2.05) is 13.1 Å². The summed E-state index contributed by atoms with van der Waals surface area (Å²) in [5.74, 6) is 1.63. The largest absolute Gasteiger partial charge is 0.490 e. The number of hydrogen-bond acceptors (Lipinski definition) is 4. The van der Waals surface area contributed by atoms with Crippen LogP contribution in [0.1, 0.15) is 50.2 Å². The third-order valence-electron chi connectivity index (χ3n) is 4.15. The first kappa shape index (κ1) is 26.2. The molecule has 0 aliphatic carbocycles. The smallest absolute Gasteiger partial charge is 0.161 e. The average Bonchev–Trinajstić information content (AvgIpc) is 2.71. The minimum atomic E-state index is 0.00710. The van der Waals surface area contributed by atoms with Crippen LogP contribution in [0.2, 0.25) is 0 Å². The maximum Gasteiger partial charge on any atom is 0.161 e. The summed E-state index contributed by atoms with van der Waals surface area (Å²) in [5.41, 5.74) is 1.12. The Morgan fingerprint density at radius 3 is 1.93 bits per heavy atom. The van der Waals surface area contributed by atoms with E-state index >= 15 is 0 Å². The summed E-state index contributed by atoms with van der Waals surface area (Å²) in [4.78, 5) is 0. The van der Waals surface area contributed by atoms with Crippen molar-refractivity contribution in [3.8, 4) is 11.5 Å². The van der Waals surface area contributed by atoms with Crippen molar-refractivity contribution in [2.45, 2.75) is 44.6 Å². The lowest BCUT2D eigenvalue weighted by Crippen LogP contribution is -2.20. The van der Waals surface area contributed by atoms with Gasteiger partial charge in [-0.2, -0.15) is 0 Å². The fraction of sp³-hybridized carbons (Fsp3) is 0.714. The highest BCUT2D eigenvalue weighted by Gasteiger charge is 2.15. The predicted molar refractivity (Wildman–Crippen MR) is 129 cm³/mol. The van der Waals surface area contributed by atoms with Crippen LogP contribution in [0.4, 0.5) is 0 Å². The second-order valence-corrected chi connectivity index (χ2v) is 8.89. The molecule has 1 atom stereocenters. The molecule has 28 heavy (non-hydrogen) atoms. The summed E-state index contributed by atoms with van der Waals surface area (Å²) in [5, 5.41) is 6.25. The Bertz CT molecular complexity index is 506. The molecule has 1 N–H and O–H groups in total. The van der Waals surface area contributed by atoms with Gasteiger partial charge in [0.25, 0.3) is 0 Å². The standard InChI is InChI=1S/C21H34Br3NO3/c1-25-17-21(28-15-7-4-12-24)18-8-9-19(26-13-5-2-10-22)20(16-18)27-14-6-3-11-23/h8-9,16,21,25H,2-7,10-15,17H2,1H3. The highest BCUT2D eigenvalue weighted by atomic mass is 79.9. The normalized spacial score (nSPS) is 12.1. The molecule has 1 aromatic rings. The van der Waals surface area contributed by atoms with Gasteiger partial charge >= 0.3 is 0 Å². The molecule has 0 fully saturated rings. The van der Waals surface area contributed by atoms with Crippen molar-refractivity contribution >= 4 is 47.8 Å². The molecule has 0 radical (unpaired) electrons. The van der Waals surface area contributed by atoms with E-state index in [2.05, 4.69) is 65.2 Å². The quantitative estimate of drug-likeness (QED) is 0.163. The lowest BCUT2D eigenvalue weighted by atomic mass is 10.1. The van der Waals surface area contributed by atoms with Crippen molar-refractivity contribution in [2.24, 2.45) is 0 Å². The van der Waals surface area contributed by atoms with Crippen LogP contribution in [-0.4, -0.2) is 49.4 Å². The average molecular weight is 588 g/mol. The van der Waals surface area contributed by atoms with E-state index in [4.69, 9.17) is 14.2 Å². The minimum Gasteiger partial charge on any atom is -0.490 e. The zero-order valence-electron chi connectivity index (χ0n) is 16.9. The van der Waals surface area contributed by atoms with Gasteiger partial charge in [-0.25, -0.2) is 0 Å². The van der Waals surface area contributed by atoms with E-state index in [9.17, 15) is 0 Å². The molecule has 1 rings (SSSR count). The Labute approximate surface area is 195 Å². The molecule has 0 saturated heterocycles. The topological polar surface area (TPSA) is 39.7 Å². The van der Waals surface area contributed by atoms with E-state index in [-0.39, 0.29) is 6.10 Å². The van der Waals surface area contributed by atoms with Crippen LogP contribution in [0.3, 0.4) is 0 Å². The molecule has 0 bridgehead atoms. The van der Waals surface area contributed by atoms with Crippen LogP contribution >= 0.6 is 47.8 Å². The third kappa shape index (κ3) is 11.4. The van der Waals surface area contributed by atoms with Crippen LogP contribution in [0.5, 0.6) is 11.5 Å². The first-order valence-electron chi connectivity index (χ1n) is 10.1. The van der Waals surface area contributed by atoms with Crippen molar-refractivity contribution in [1.29, 1.82) is 0 Å². The van der Waals surface area contributed by atoms with Crippen molar-refractivity contribution in [1.82, 2.24) is 5.32 Å². The Morgan fingerprint density at radius 1 is 0.786 bits per heavy atom. The van der Waals surface area contributed by atoms with Gasteiger partial charge in [-0.15, -0.1) is 0 Å². The molecule has 0 saturated carbocycles. The van der Waals surface area contributed by atoms with Crippen LogP contribution < -0.4 is 14.8 Å². The molecule has 162 valence electrons. The Hall–Kier alpha value is 0.180. The molecule has 7 heteroatoms. The summed E-state index contributed by atoms with van der Waals surface area (Å²) in [6.45, 7) is 2.91. The first-order valence-corrected chi connectivity index (χ1v) is 13.5. The molecule has 0 spiro atoms. The Kier molecular flexibility index (Phi) is 16.8. The fourth-order valence-electron chi connectivity index (χ4n) is 2.59. The van der Waals surface area contributed by atoms with Crippen LogP contribution in [0.15, 0.2) is 18.2 Å². The zero-order chi connectivity index (χ0) is 20.5. The number of halogens is 3. The molecule has 1 unspecified atom stereocenters. The number of likely N-dealkylation sites (N-methyl/N-ethyl adjacent to an activating group) is 1. The molecule has 0 aliphatic heterocycles. The molecular weight excluding hydrogens is 554 g/mol. The lowest BCUT2D eigenvalue weighted by Gasteiger charge is -2.20. The summed E-state index contributed by atoms with van der Waals surface area (Å²) < 4.78 is 18.2. The lowest BCUT2D eigenvalue weighted by molar-refractivity contribution is 0.0518. The van der Waals surface area contributed by atoms with Gasteiger partial charge in [-0.1, -0.05) is 53.9 Å². The minimum absolute atomic E-state index is 0.00710. The van der Waals surface area contributed by atoms with E-state index in [0.717, 1.165) is 84.7 Å². The first-order chi connectivity index (χ1) is 13.8. The summed E-state index contributed by atoms with van der Waals surface area (Å²) in [6, 6.07) is 6.20. The van der Waals surface area contributed by atoms with E-state index in [1.54, 1.807) is 0 Å². The Balaban J connectivity index is 2.81. The van der Waals surface area contributed by atoms with Crippen molar-refractivity contribution in [2.75, 3.05) is 49.4 Å². The van der Waals surface area contributed by atoms with Gasteiger partial charge in [0, 0.05) is 29.1 Å². The maximum atomic E-state index is 6.13. The summed E-state index contributed by atoms with van der Waals surface area (Å²) in [7, 11) is 1.95. The van der Waals surface area contributed by atoms with Gasteiger partial charge in [0.15, 0.2) is 11.5 Å². The highest BCUT2D eigenvalue weighted by Crippen LogP contribution is 2.32. The number of rotatable bonds is 18. The number of nitrogens with one attached hydrogen (secondary N) is 1. The maximum absolute atomic E-state index is 6.13. The highest BCUT2D eigenvalue weighted by molar-refractivity contribution is 9.09. The second kappa shape index (κ2) is 18.0. The fourth-order valence-corrected chi connectivity index (χ4v) is 3.78. The number of benzene rings is 1. The monoisotopic (exact) mass is 585 g/mol. The molecule has 1 aromatic carbocycles. The van der Waals surface area contributed by atoms with Crippen molar-refractivity contribution in [3.63, 3.8) is 0 Å². The van der Waals surface area contributed by atoms with Gasteiger partial charge in [0.2, 0.25) is 0 Å². The molecule has 0 amide bonds. The molecule has 0 aliphatic rings. The van der Waals surface area contributed by atoms with E-state index in [1.165, 1.54) is 0 Å². The zero-order valence-corrected chi connectivity index (χ0v) is 21.6. The van der Waals surface area contributed by atoms with Crippen LogP contribution in [0.25, 0.3) is 0 Å². The van der Waals surface area contributed by atoms with Crippen LogP contribution in [-0.2, 0) is 4.74 Å². The second-order valence-electron chi connectivity index (χ2n) is 6.51. The Morgan fingerprint density at radius 2 is 1.36 bits per heavy atom. The van der Waals surface area contributed by atoms with E-state index < -0.39 is 0 Å². The predicted octanol–water partition coefficient (Wildman–Crippen LogP) is 6.25. The SMILES string of the molecule is CNCC(OCCCCBr)c1ccc(OCCCCBr)c(OCCCCBr)c1. The van der Waals surface area contributed by atoms with Crippen molar-refractivity contribution < 1.29 is 14.2 Å². The van der Waals surface area contributed by atoms with Gasteiger partial charge in [0.1, 0.15) is 0 Å². The van der Waals surface area contributed by atoms with E-state index in [0.29, 0.717) is 13.2 Å². The van der Waals surface area contributed by atoms with Gasteiger partial charge in [-0.3, -0.25) is 0 Å². The van der Waals surface area contributed by atoms with Gasteiger partial charge < -0.3 is 19.5 Å². The van der Waals surface area contributed by atoms with Gasteiger partial charge in [-0.05, 0) is 63.3 Å². The van der Waals surface area contributed by atoms with Crippen molar-refractivity contribution in [3.05, 3.63) is 23.8 Å². The third-order valence-corrected chi connectivity index (χ3v) is 5.83. The number of hydrogen-bond donors (Lipinski definition) is 1. The van der Waals surface area contributed by atoms with Gasteiger partial charge in [0.05, 0.1) is 19.3 Å². The number of unbranched alkanes of at least 4 members (excludes halogenated alkanes) is 3. The number of ether oxygens (including phenoxy) is 3. The number of alkyl halides is 3. The summed E-state index contributed by atoms with van der Waals surface area (Å²) in [6.07, 6.45) is 6.42. The van der Waals surface area contributed by atoms with Crippen LogP contribution in [0, 0.1) is 0 Å². The molecule has 4 nitrogen and oxygen atoms in total. The molecule has 0 heterocycles.